The first-order chi connectivity index (χ1) is 8.79. The second-order valence-electron chi connectivity index (χ2n) is 4.78. The van der Waals surface area contributed by atoms with Gasteiger partial charge in [0.1, 0.15) is 5.52 Å². The number of fused-ring (bicyclic) bond motifs is 3. The zero-order valence-corrected chi connectivity index (χ0v) is 10.4. The first-order valence-electron chi connectivity index (χ1n) is 6.06. The van der Waals surface area contributed by atoms with Gasteiger partial charge in [-0.15, -0.1) is 0 Å². The van der Waals surface area contributed by atoms with E-state index in [1.54, 1.807) is 6.33 Å². The number of aromatic nitrogens is 4. The van der Waals surface area contributed by atoms with Gasteiger partial charge >= 0.3 is 0 Å². The van der Waals surface area contributed by atoms with E-state index >= 15 is 0 Å². The lowest BCUT2D eigenvalue weighted by Crippen LogP contribution is -2.43. The van der Waals surface area contributed by atoms with Gasteiger partial charge < -0.3 is 14.6 Å². The van der Waals surface area contributed by atoms with E-state index in [1.165, 1.54) is 0 Å². The number of H-pyrrole nitrogens is 1. The van der Waals surface area contributed by atoms with Gasteiger partial charge in [-0.1, -0.05) is 0 Å². The summed E-state index contributed by atoms with van der Waals surface area (Å²) in [4.78, 5) is 17.9. The molecule has 2 aromatic heterocycles. The summed E-state index contributed by atoms with van der Waals surface area (Å²) >= 11 is 5.95. The smallest absolute Gasteiger partial charge is 0.226 e. The molecule has 2 aromatic rings. The van der Waals surface area contributed by atoms with Crippen LogP contribution < -0.4 is 4.90 Å². The predicted molar refractivity (Wildman–Crippen MR) is 66.8 cm³/mol. The molecule has 0 aromatic carbocycles. The Labute approximate surface area is 108 Å². The van der Waals surface area contributed by atoms with Crippen molar-refractivity contribution in [1.29, 1.82) is 0 Å². The van der Waals surface area contributed by atoms with Gasteiger partial charge in [0.05, 0.1) is 18.5 Å². The number of imidazole rings is 1. The minimum Gasteiger partial charge on any atom is -0.371 e. The molecule has 2 aliphatic heterocycles. The second-order valence-corrected chi connectivity index (χ2v) is 5.12. The van der Waals surface area contributed by atoms with Crippen molar-refractivity contribution in [1.82, 2.24) is 19.9 Å². The summed E-state index contributed by atoms with van der Waals surface area (Å²) in [5.74, 6) is 0.836. The van der Waals surface area contributed by atoms with Crippen molar-refractivity contribution in [2.24, 2.45) is 0 Å². The molecule has 0 spiro atoms. The van der Waals surface area contributed by atoms with Crippen LogP contribution in [0.25, 0.3) is 11.2 Å². The zero-order valence-electron chi connectivity index (χ0n) is 9.64. The summed E-state index contributed by atoms with van der Waals surface area (Å²) in [6.45, 7) is 1.72. The first-order valence-corrected chi connectivity index (χ1v) is 6.44. The number of nitrogens with zero attached hydrogens (tertiary/aromatic N) is 4. The van der Waals surface area contributed by atoms with Crippen molar-refractivity contribution in [2.45, 2.75) is 25.0 Å². The summed E-state index contributed by atoms with van der Waals surface area (Å²) in [7, 11) is 0. The van der Waals surface area contributed by atoms with Crippen LogP contribution in [0.1, 0.15) is 12.8 Å². The topological polar surface area (TPSA) is 66.9 Å². The molecule has 2 aliphatic rings. The Hall–Kier alpha value is -1.40. The number of aromatic amines is 1. The Morgan fingerprint density at radius 3 is 2.83 bits per heavy atom. The highest BCUT2D eigenvalue weighted by molar-refractivity contribution is 6.28. The van der Waals surface area contributed by atoms with Gasteiger partial charge in [0.25, 0.3) is 0 Å². The molecular formula is C11H12ClN5O. The predicted octanol–water partition coefficient (Wildman–Crippen LogP) is 1.37. The summed E-state index contributed by atoms with van der Waals surface area (Å²) < 4.78 is 5.83. The zero-order chi connectivity index (χ0) is 12.1. The molecule has 2 unspecified atom stereocenters. The van der Waals surface area contributed by atoms with Crippen LogP contribution in [-0.2, 0) is 4.74 Å². The monoisotopic (exact) mass is 265 g/mol. The van der Waals surface area contributed by atoms with Crippen molar-refractivity contribution in [2.75, 3.05) is 18.0 Å². The number of halogens is 1. The normalized spacial score (nSPS) is 27.1. The number of anilines is 1. The molecule has 4 heterocycles. The minimum absolute atomic E-state index is 0.239. The van der Waals surface area contributed by atoms with E-state index < -0.39 is 0 Å². The largest absolute Gasteiger partial charge is 0.371 e. The third kappa shape index (κ3) is 1.56. The lowest BCUT2D eigenvalue weighted by atomic mass is 10.2. The van der Waals surface area contributed by atoms with Gasteiger partial charge in [-0.05, 0) is 24.4 Å². The van der Waals surface area contributed by atoms with Gasteiger partial charge in [0, 0.05) is 13.1 Å². The number of nitrogens with one attached hydrogen (secondary N) is 1. The van der Waals surface area contributed by atoms with E-state index in [0.29, 0.717) is 17.9 Å². The van der Waals surface area contributed by atoms with Gasteiger partial charge in [-0.25, -0.2) is 4.98 Å². The number of morpholine rings is 1. The third-order valence-electron chi connectivity index (χ3n) is 3.58. The average molecular weight is 266 g/mol. The van der Waals surface area contributed by atoms with E-state index in [1.807, 2.05) is 0 Å². The number of hydrogen-bond acceptors (Lipinski definition) is 5. The van der Waals surface area contributed by atoms with Crippen molar-refractivity contribution in [3.05, 3.63) is 11.6 Å². The fraction of sp³-hybridized carbons (Fsp3) is 0.545. The molecule has 0 amide bonds. The second kappa shape index (κ2) is 3.80. The molecule has 0 radical (unpaired) electrons. The summed E-state index contributed by atoms with van der Waals surface area (Å²) in [6, 6.07) is 0. The number of hydrogen-bond donors (Lipinski definition) is 1. The Bertz CT molecular complexity index is 588. The summed E-state index contributed by atoms with van der Waals surface area (Å²) in [5, 5.41) is 0.239. The lowest BCUT2D eigenvalue weighted by molar-refractivity contribution is 0.0303. The van der Waals surface area contributed by atoms with Crippen molar-refractivity contribution in [3.63, 3.8) is 0 Å². The molecule has 4 rings (SSSR count). The van der Waals surface area contributed by atoms with Gasteiger partial charge in [-0.2, -0.15) is 9.97 Å². The molecule has 18 heavy (non-hydrogen) atoms. The fourth-order valence-corrected chi connectivity index (χ4v) is 2.97. The van der Waals surface area contributed by atoms with Crippen molar-refractivity contribution in [3.8, 4) is 0 Å². The summed E-state index contributed by atoms with van der Waals surface area (Å²) in [5.41, 5.74) is 1.46. The highest BCUT2D eigenvalue weighted by Crippen LogP contribution is 2.31. The standard InChI is InChI=1S/C11H12ClN5O/c12-11-15-9-8(13-5-14-9)10(16-11)17-3-6-1-2-7(4-17)18-6/h5-7H,1-4H2,(H,13,14,15,16). The van der Waals surface area contributed by atoms with Crippen LogP contribution in [0.15, 0.2) is 6.33 Å². The van der Waals surface area contributed by atoms with E-state index in [0.717, 1.165) is 37.3 Å². The van der Waals surface area contributed by atoms with E-state index in [4.69, 9.17) is 16.3 Å². The molecule has 94 valence electrons. The highest BCUT2D eigenvalue weighted by atomic mass is 35.5. The van der Waals surface area contributed by atoms with Crippen molar-refractivity contribution >= 4 is 28.6 Å². The highest BCUT2D eigenvalue weighted by Gasteiger charge is 2.35. The number of ether oxygens (including phenoxy) is 1. The Kier molecular flexibility index (Phi) is 2.22. The van der Waals surface area contributed by atoms with Gasteiger partial charge in [0.2, 0.25) is 5.28 Å². The summed E-state index contributed by atoms with van der Waals surface area (Å²) in [6.07, 6.45) is 4.51. The van der Waals surface area contributed by atoms with Crippen LogP contribution in [0.2, 0.25) is 5.28 Å². The van der Waals surface area contributed by atoms with E-state index in [2.05, 4.69) is 24.8 Å². The minimum atomic E-state index is 0.239. The maximum absolute atomic E-state index is 5.95. The van der Waals surface area contributed by atoms with Crippen LogP contribution in [0.4, 0.5) is 5.82 Å². The Morgan fingerprint density at radius 2 is 2.06 bits per heavy atom. The third-order valence-corrected chi connectivity index (χ3v) is 3.75. The molecule has 1 N–H and O–H groups in total. The van der Waals surface area contributed by atoms with Gasteiger partial charge in [0.15, 0.2) is 11.5 Å². The molecule has 2 atom stereocenters. The number of rotatable bonds is 1. The molecule has 0 saturated carbocycles. The van der Waals surface area contributed by atoms with Crippen LogP contribution in [0, 0.1) is 0 Å². The average Bonchev–Trinajstić information content (AvgIpc) is 2.94. The maximum Gasteiger partial charge on any atom is 0.226 e. The molecule has 2 saturated heterocycles. The van der Waals surface area contributed by atoms with Crippen LogP contribution >= 0.6 is 11.6 Å². The van der Waals surface area contributed by atoms with Gasteiger partial charge in [-0.3, -0.25) is 0 Å². The lowest BCUT2D eigenvalue weighted by Gasteiger charge is -2.33. The van der Waals surface area contributed by atoms with Crippen molar-refractivity contribution < 1.29 is 4.74 Å². The molecule has 2 fully saturated rings. The SMILES string of the molecule is Clc1nc(N2CC3CCC(C2)O3)c2[nH]cnc2n1. The molecule has 2 bridgehead atoms. The first kappa shape index (κ1) is 10.5. The van der Waals surface area contributed by atoms with E-state index in [-0.39, 0.29) is 5.28 Å². The Balaban J connectivity index is 1.79. The Morgan fingerprint density at radius 1 is 1.28 bits per heavy atom. The van der Waals surface area contributed by atoms with E-state index in [9.17, 15) is 0 Å². The molecular weight excluding hydrogens is 254 g/mol. The van der Waals surface area contributed by atoms with Crippen LogP contribution in [0.5, 0.6) is 0 Å². The molecule has 7 heteroatoms. The fourth-order valence-electron chi connectivity index (χ4n) is 2.81. The maximum atomic E-state index is 5.95. The molecule has 6 nitrogen and oxygen atoms in total. The molecule has 0 aliphatic carbocycles. The van der Waals surface area contributed by atoms with Crippen LogP contribution in [0.3, 0.4) is 0 Å². The van der Waals surface area contributed by atoms with Crippen LogP contribution in [-0.4, -0.2) is 45.2 Å². The quantitative estimate of drug-likeness (QED) is 0.789.